The highest BCUT2D eigenvalue weighted by Gasteiger charge is 2.40. The minimum Gasteiger partial charge on any atom is -0.339 e. The quantitative estimate of drug-likeness (QED) is 0.457. The summed E-state index contributed by atoms with van der Waals surface area (Å²) in [5.41, 5.74) is 5.58. The first-order valence-electron chi connectivity index (χ1n) is 12.1. The zero-order valence-corrected chi connectivity index (χ0v) is 20.6. The van der Waals surface area contributed by atoms with Crippen molar-refractivity contribution < 1.29 is 0 Å². The molecule has 2 unspecified atom stereocenters. The maximum absolute atomic E-state index is 8.80. The lowest BCUT2D eigenvalue weighted by Gasteiger charge is -2.31. The highest BCUT2D eigenvalue weighted by atomic mass is 32.2. The Labute approximate surface area is 206 Å². The van der Waals surface area contributed by atoms with Crippen molar-refractivity contribution >= 4 is 34.3 Å². The minimum absolute atomic E-state index is 0.213. The molecule has 0 saturated heterocycles. The summed E-state index contributed by atoms with van der Waals surface area (Å²) in [6, 6.07) is 20.9. The monoisotopic (exact) mass is 469 g/mol. The van der Waals surface area contributed by atoms with Gasteiger partial charge in [-0.1, -0.05) is 68.8 Å². The fraction of sp³-hybridized carbons (Fsp3) is 0.321. The van der Waals surface area contributed by atoms with Gasteiger partial charge in [-0.25, -0.2) is 4.99 Å². The van der Waals surface area contributed by atoms with Crippen LogP contribution in [0.15, 0.2) is 87.4 Å². The van der Waals surface area contributed by atoms with E-state index in [1.54, 1.807) is 11.8 Å². The van der Waals surface area contributed by atoms with E-state index in [2.05, 4.69) is 66.5 Å². The molecule has 0 amide bonds. The number of unbranched alkanes of at least 4 members (excludes halogenated alkanes) is 1. The average Bonchev–Trinajstić information content (AvgIpc) is 3.40. The number of thioether (sulfide) groups is 1. The van der Waals surface area contributed by atoms with E-state index >= 15 is 0 Å². The molecule has 5 rings (SSSR count). The van der Waals surface area contributed by atoms with Gasteiger partial charge < -0.3 is 10.2 Å². The van der Waals surface area contributed by atoms with Gasteiger partial charge in [-0.2, -0.15) is 0 Å². The molecular weight excluding hydrogens is 438 g/mol. The Morgan fingerprint density at radius 1 is 1.06 bits per heavy atom. The summed E-state index contributed by atoms with van der Waals surface area (Å²) in [5, 5.41) is 21.7. The molecule has 2 atom stereocenters. The van der Waals surface area contributed by atoms with Gasteiger partial charge in [-0.3, -0.25) is 10.8 Å². The number of nitrogens with one attached hydrogen (secondary N) is 3. The lowest BCUT2D eigenvalue weighted by Crippen LogP contribution is -2.28. The van der Waals surface area contributed by atoms with Crippen LogP contribution in [0.1, 0.15) is 51.0 Å². The first-order chi connectivity index (χ1) is 16.6. The Morgan fingerprint density at radius 2 is 1.76 bits per heavy atom. The van der Waals surface area contributed by atoms with E-state index in [0.29, 0.717) is 11.8 Å². The second-order valence-electron chi connectivity index (χ2n) is 9.19. The third-order valence-electron chi connectivity index (χ3n) is 6.91. The number of benzene rings is 2. The molecule has 3 aliphatic rings. The zero-order chi connectivity index (χ0) is 23.7. The van der Waals surface area contributed by atoms with E-state index in [4.69, 9.17) is 15.8 Å². The molecule has 2 aromatic rings. The van der Waals surface area contributed by atoms with Crippen LogP contribution < -0.4 is 10.2 Å². The van der Waals surface area contributed by atoms with Crippen molar-refractivity contribution in [3.8, 4) is 0 Å². The number of rotatable bonds is 5. The van der Waals surface area contributed by atoms with E-state index in [1.807, 2.05) is 18.2 Å². The van der Waals surface area contributed by atoms with Gasteiger partial charge in [0.15, 0.2) is 11.0 Å². The average molecular weight is 470 g/mol. The Kier molecular flexibility index (Phi) is 6.42. The maximum atomic E-state index is 8.80. The molecule has 0 spiro atoms. The molecule has 174 valence electrons. The van der Waals surface area contributed by atoms with Gasteiger partial charge in [0.1, 0.15) is 5.84 Å². The number of para-hydroxylation sites is 1. The number of hydrogen-bond donors (Lipinski definition) is 3. The first-order valence-corrected chi connectivity index (χ1v) is 13.0. The Morgan fingerprint density at radius 3 is 2.47 bits per heavy atom. The number of aliphatic imine (C=N–C) groups is 1. The number of amidine groups is 3. The summed E-state index contributed by atoms with van der Waals surface area (Å²) in [4.78, 5) is 7.78. The van der Waals surface area contributed by atoms with Crippen LogP contribution in [0, 0.1) is 16.7 Å². The Bertz CT molecular complexity index is 1200. The molecule has 0 bridgehead atoms. The van der Waals surface area contributed by atoms with E-state index < -0.39 is 0 Å². The van der Waals surface area contributed by atoms with Crippen molar-refractivity contribution in [2.45, 2.75) is 45.4 Å². The van der Waals surface area contributed by atoms with E-state index in [1.165, 1.54) is 11.1 Å². The fourth-order valence-corrected chi connectivity index (χ4v) is 6.20. The van der Waals surface area contributed by atoms with Crippen molar-refractivity contribution in [3.63, 3.8) is 0 Å². The van der Waals surface area contributed by atoms with Gasteiger partial charge in [0.2, 0.25) is 0 Å². The van der Waals surface area contributed by atoms with Gasteiger partial charge in [-0.05, 0) is 60.2 Å². The van der Waals surface area contributed by atoms with Gasteiger partial charge >= 0.3 is 0 Å². The highest BCUT2D eigenvalue weighted by molar-refractivity contribution is 8.18. The van der Waals surface area contributed by atoms with Crippen molar-refractivity contribution in [1.29, 1.82) is 10.8 Å². The number of allylic oxidation sites excluding steroid dienone is 1. The molecule has 0 fully saturated rings. The largest absolute Gasteiger partial charge is 0.339 e. The molecule has 5 nitrogen and oxygen atoms in total. The molecule has 6 heteroatoms. The molecule has 0 radical (unpaired) electrons. The normalized spacial score (nSPS) is 24.2. The van der Waals surface area contributed by atoms with E-state index in [0.717, 1.165) is 59.3 Å². The molecule has 2 aliphatic heterocycles. The van der Waals surface area contributed by atoms with Crippen molar-refractivity contribution in [3.05, 3.63) is 88.0 Å². The number of anilines is 1. The summed E-state index contributed by atoms with van der Waals surface area (Å²) < 4.78 is 0. The summed E-state index contributed by atoms with van der Waals surface area (Å²) in [6.07, 6.45) is 4.12. The molecule has 34 heavy (non-hydrogen) atoms. The number of nitrogens with zero attached hydrogens (tertiary/aromatic N) is 2. The van der Waals surface area contributed by atoms with Gasteiger partial charge in [0.05, 0.1) is 10.6 Å². The van der Waals surface area contributed by atoms with E-state index in [9.17, 15) is 0 Å². The second-order valence-corrected chi connectivity index (χ2v) is 10.2. The van der Waals surface area contributed by atoms with Crippen molar-refractivity contribution in [2.75, 3.05) is 11.4 Å². The van der Waals surface area contributed by atoms with Crippen LogP contribution in [0.5, 0.6) is 0 Å². The number of hydrogen-bond acceptors (Lipinski definition) is 4. The van der Waals surface area contributed by atoms with Crippen LogP contribution in [0.25, 0.3) is 0 Å². The Hall–Kier alpha value is -3.12. The van der Waals surface area contributed by atoms with Gasteiger partial charge in [-0.15, -0.1) is 0 Å². The molecule has 0 aromatic heterocycles. The summed E-state index contributed by atoms with van der Waals surface area (Å²) >= 11 is 1.56. The van der Waals surface area contributed by atoms with Crippen LogP contribution in [0.4, 0.5) is 5.69 Å². The molecule has 3 N–H and O–H groups in total. The fourth-order valence-electron chi connectivity index (χ4n) is 5.17. The van der Waals surface area contributed by atoms with Crippen LogP contribution in [0.3, 0.4) is 0 Å². The lowest BCUT2D eigenvalue weighted by atomic mass is 9.72. The third-order valence-corrected chi connectivity index (χ3v) is 8.01. The van der Waals surface area contributed by atoms with Crippen LogP contribution >= 0.6 is 11.8 Å². The molecule has 2 aromatic carbocycles. The standard InChI is InChI=1S/C28H31N5S/c1-3-4-17-33(20-13-9-6-10-14-20)28-32-27(30)25(34-28)24-23-21(26(29)31-24)16-15-18(2)22(23)19-11-7-5-8-12-19/h5-14,18,22,30H,3-4,15-17H2,1-2H3,(H2,29,31). The molecule has 0 saturated carbocycles. The minimum atomic E-state index is 0.213. The maximum Gasteiger partial charge on any atom is 0.175 e. The topological polar surface area (TPSA) is 75.3 Å². The highest BCUT2D eigenvalue weighted by Crippen LogP contribution is 2.49. The summed E-state index contributed by atoms with van der Waals surface area (Å²) in [5.74, 6) is 1.45. The first kappa shape index (κ1) is 22.7. The zero-order valence-electron chi connectivity index (χ0n) is 19.8. The van der Waals surface area contributed by atoms with Crippen LogP contribution in [0.2, 0.25) is 0 Å². The molecular formula is C28H31N5S. The van der Waals surface area contributed by atoms with Crippen LogP contribution in [-0.2, 0) is 0 Å². The summed E-state index contributed by atoms with van der Waals surface area (Å²) in [6.45, 7) is 5.37. The van der Waals surface area contributed by atoms with Gasteiger partial charge in [0, 0.05) is 23.7 Å². The lowest BCUT2D eigenvalue weighted by molar-refractivity contribution is 0.450. The van der Waals surface area contributed by atoms with Crippen molar-refractivity contribution in [2.24, 2.45) is 10.9 Å². The third kappa shape index (κ3) is 4.11. The predicted octanol–water partition coefficient (Wildman–Crippen LogP) is 6.68. The predicted molar refractivity (Wildman–Crippen MR) is 144 cm³/mol. The summed E-state index contributed by atoms with van der Waals surface area (Å²) in [7, 11) is 0. The second kappa shape index (κ2) is 9.63. The van der Waals surface area contributed by atoms with Gasteiger partial charge in [0.25, 0.3) is 0 Å². The van der Waals surface area contributed by atoms with E-state index in [-0.39, 0.29) is 11.8 Å². The molecule has 2 heterocycles. The Balaban J connectivity index is 1.54. The molecule has 1 aliphatic carbocycles. The smallest absolute Gasteiger partial charge is 0.175 e. The van der Waals surface area contributed by atoms with Crippen molar-refractivity contribution in [1.82, 2.24) is 5.32 Å². The SMILES string of the molecule is CCCCN(C1=NC(=N)C(=C2NC(=N)C3=C2C(c2ccccc2)C(C)CC3)S1)c1ccccc1. The van der Waals surface area contributed by atoms with Crippen LogP contribution in [-0.4, -0.2) is 23.4 Å².